The lowest BCUT2D eigenvalue weighted by Crippen LogP contribution is -2.33. The number of piperidine rings is 1. The van der Waals surface area contributed by atoms with Crippen LogP contribution in [0.1, 0.15) is 29.6 Å². The topological polar surface area (TPSA) is 60.2 Å². The standard InChI is InChI=1S/C22H26N4O/c27-22(18-7-6-10-19-17(18)11-12-23-19)25-21-9-3-2-8-20(21)24-13-16-26-14-4-1-5-15-26/h2-3,6-12,23-24H,1,4-5,13-16H2,(H,25,27). The summed E-state index contributed by atoms with van der Waals surface area (Å²) in [6.07, 6.45) is 5.82. The molecule has 0 saturated carbocycles. The number of nitrogens with one attached hydrogen (secondary N) is 3. The molecule has 0 bridgehead atoms. The Morgan fingerprint density at radius 1 is 0.963 bits per heavy atom. The first-order valence-corrected chi connectivity index (χ1v) is 9.74. The number of carbonyl (C=O) groups is 1. The zero-order chi connectivity index (χ0) is 18.5. The molecule has 0 unspecified atom stereocenters. The second-order valence-electron chi connectivity index (χ2n) is 7.07. The van der Waals surface area contributed by atoms with E-state index in [4.69, 9.17) is 0 Å². The molecule has 5 heteroatoms. The predicted molar refractivity (Wildman–Crippen MR) is 111 cm³/mol. The van der Waals surface area contributed by atoms with Crippen molar-refractivity contribution in [1.82, 2.24) is 9.88 Å². The normalized spacial score (nSPS) is 15.0. The summed E-state index contributed by atoms with van der Waals surface area (Å²) in [6.45, 7) is 4.30. The molecular weight excluding hydrogens is 336 g/mol. The average Bonchev–Trinajstić information content (AvgIpc) is 3.19. The van der Waals surface area contributed by atoms with E-state index in [0.717, 1.165) is 35.4 Å². The first-order chi connectivity index (χ1) is 13.3. The Balaban J connectivity index is 1.43. The van der Waals surface area contributed by atoms with Gasteiger partial charge in [0.2, 0.25) is 0 Å². The van der Waals surface area contributed by atoms with Crippen molar-refractivity contribution in [2.24, 2.45) is 0 Å². The number of para-hydroxylation sites is 2. The molecule has 2 heterocycles. The number of anilines is 2. The number of hydrogen-bond donors (Lipinski definition) is 3. The minimum Gasteiger partial charge on any atom is -0.382 e. The van der Waals surface area contributed by atoms with E-state index in [1.165, 1.54) is 32.4 Å². The zero-order valence-electron chi connectivity index (χ0n) is 15.5. The minimum absolute atomic E-state index is 0.0921. The quantitative estimate of drug-likeness (QED) is 0.612. The molecule has 1 amide bonds. The van der Waals surface area contributed by atoms with E-state index in [0.29, 0.717) is 5.56 Å². The Bertz CT molecular complexity index is 911. The fourth-order valence-corrected chi connectivity index (χ4v) is 3.75. The molecule has 2 aromatic carbocycles. The molecular formula is C22H26N4O. The van der Waals surface area contributed by atoms with Crippen molar-refractivity contribution in [3.05, 3.63) is 60.3 Å². The number of H-pyrrole nitrogens is 1. The summed E-state index contributed by atoms with van der Waals surface area (Å²) in [7, 11) is 0. The summed E-state index contributed by atoms with van der Waals surface area (Å²) in [5.74, 6) is -0.0921. The number of likely N-dealkylation sites (tertiary alicyclic amines) is 1. The highest BCUT2D eigenvalue weighted by Gasteiger charge is 2.13. The molecule has 27 heavy (non-hydrogen) atoms. The van der Waals surface area contributed by atoms with Crippen LogP contribution in [0.5, 0.6) is 0 Å². The molecule has 1 saturated heterocycles. The van der Waals surface area contributed by atoms with Gasteiger partial charge in [0, 0.05) is 35.8 Å². The van der Waals surface area contributed by atoms with Crippen molar-refractivity contribution in [1.29, 1.82) is 0 Å². The molecule has 3 aromatic rings. The average molecular weight is 362 g/mol. The molecule has 140 valence electrons. The molecule has 3 N–H and O–H groups in total. The number of aromatic nitrogens is 1. The summed E-state index contributed by atoms with van der Waals surface area (Å²) in [5, 5.41) is 7.49. The Labute approximate surface area is 159 Å². The molecule has 1 aromatic heterocycles. The smallest absolute Gasteiger partial charge is 0.256 e. The molecule has 1 fully saturated rings. The number of aromatic amines is 1. The van der Waals surface area contributed by atoms with Crippen LogP contribution in [0.3, 0.4) is 0 Å². The largest absolute Gasteiger partial charge is 0.382 e. The Hall–Kier alpha value is -2.79. The van der Waals surface area contributed by atoms with Crippen LogP contribution < -0.4 is 10.6 Å². The van der Waals surface area contributed by atoms with Crippen molar-refractivity contribution in [3.8, 4) is 0 Å². The number of rotatable bonds is 6. The molecule has 5 nitrogen and oxygen atoms in total. The van der Waals surface area contributed by atoms with Crippen molar-refractivity contribution in [2.45, 2.75) is 19.3 Å². The van der Waals surface area contributed by atoms with Gasteiger partial charge in [0.1, 0.15) is 0 Å². The second kappa shape index (κ2) is 8.27. The number of benzene rings is 2. The third kappa shape index (κ3) is 4.14. The molecule has 0 atom stereocenters. The third-order valence-electron chi connectivity index (χ3n) is 5.21. The third-order valence-corrected chi connectivity index (χ3v) is 5.21. The van der Waals surface area contributed by atoms with Crippen LogP contribution in [0.25, 0.3) is 10.9 Å². The van der Waals surface area contributed by atoms with E-state index in [-0.39, 0.29) is 5.91 Å². The van der Waals surface area contributed by atoms with Crippen LogP contribution in [-0.4, -0.2) is 42.0 Å². The maximum absolute atomic E-state index is 12.8. The predicted octanol–water partition coefficient (Wildman–Crippen LogP) is 4.32. The summed E-state index contributed by atoms with van der Waals surface area (Å²) < 4.78 is 0. The van der Waals surface area contributed by atoms with Crippen molar-refractivity contribution in [2.75, 3.05) is 36.8 Å². The highest BCUT2D eigenvalue weighted by atomic mass is 16.1. The lowest BCUT2D eigenvalue weighted by molar-refractivity contribution is 0.102. The van der Waals surface area contributed by atoms with Crippen LogP contribution >= 0.6 is 0 Å². The highest BCUT2D eigenvalue weighted by molar-refractivity contribution is 6.13. The van der Waals surface area contributed by atoms with Gasteiger partial charge in [-0.1, -0.05) is 24.6 Å². The molecule has 4 rings (SSSR count). The molecule has 0 radical (unpaired) electrons. The summed E-state index contributed by atoms with van der Waals surface area (Å²) >= 11 is 0. The summed E-state index contributed by atoms with van der Waals surface area (Å²) in [6, 6.07) is 15.6. The summed E-state index contributed by atoms with van der Waals surface area (Å²) in [4.78, 5) is 18.5. The number of carbonyl (C=O) groups excluding carboxylic acids is 1. The number of nitrogens with zero attached hydrogens (tertiary/aromatic N) is 1. The van der Waals surface area contributed by atoms with Gasteiger partial charge in [0.15, 0.2) is 0 Å². The van der Waals surface area contributed by atoms with E-state index in [1.807, 2.05) is 54.7 Å². The maximum Gasteiger partial charge on any atom is 0.256 e. The number of hydrogen-bond acceptors (Lipinski definition) is 3. The molecule has 0 spiro atoms. The fourth-order valence-electron chi connectivity index (χ4n) is 3.75. The Kier molecular flexibility index (Phi) is 5.39. The fraction of sp³-hybridized carbons (Fsp3) is 0.318. The first-order valence-electron chi connectivity index (χ1n) is 9.74. The van der Waals surface area contributed by atoms with Crippen LogP contribution in [0, 0.1) is 0 Å². The van der Waals surface area contributed by atoms with Gasteiger partial charge in [-0.25, -0.2) is 0 Å². The van der Waals surface area contributed by atoms with Crippen molar-refractivity contribution < 1.29 is 4.79 Å². The van der Waals surface area contributed by atoms with Crippen LogP contribution in [0.4, 0.5) is 11.4 Å². The van der Waals surface area contributed by atoms with E-state index < -0.39 is 0 Å². The molecule has 0 aliphatic carbocycles. The van der Waals surface area contributed by atoms with Gasteiger partial charge in [0.05, 0.1) is 11.4 Å². The van der Waals surface area contributed by atoms with Crippen molar-refractivity contribution in [3.63, 3.8) is 0 Å². The number of fused-ring (bicyclic) bond motifs is 1. The zero-order valence-corrected chi connectivity index (χ0v) is 15.5. The van der Waals surface area contributed by atoms with Crippen molar-refractivity contribution >= 4 is 28.2 Å². The monoisotopic (exact) mass is 362 g/mol. The highest BCUT2D eigenvalue weighted by Crippen LogP contribution is 2.24. The van der Waals surface area contributed by atoms with Gasteiger partial charge in [-0.05, 0) is 56.3 Å². The van der Waals surface area contributed by atoms with Gasteiger partial charge in [0.25, 0.3) is 5.91 Å². The van der Waals surface area contributed by atoms with Crippen LogP contribution in [0.2, 0.25) is 0 Å². The minimum atomic E-state index is -0.0921. The maximum atomic E-state index is 12.8. The number of amides is 1. The first kappa shape index (κ1) is 17.6. The Morgan fingerprint density at radius 3 is 2.63 bits per heavy atom. The Morgan fingerprint density at radius 2 is 1.78 bits per heavy atom. The second-order valence-corrected chi connectivity index (χ2v) is 7.07. The van der Waals surface area contributed by atoms with E-state index in [9.17, 15) is 4.79 Å². The van der Waals surface area contributed by atoms with Gasteiger partial charge in [-0.15, -0.1) is 0 Å². The van der Waals surface area contributed by atoms with E-state index >= 15 is 0 Å². The lowest BCUT2D eigenvalue weighted by atomic mass is 10.1. The molecule has 1 aliphatic rings. The summed E-state index contributed by atoms with van der Waals surface area (Å²) in [5.41, 5.74) is 3.42. The lowest BCUT2D eigenvalue weighted by Gasteiger charge is -2.26. The SMILES string of the molecule is O=C(Nc1ccccc1NCCN1CCCCC1)c1cccc2[nH]ccc12. The van der Waals surface area contributed by atoms with Crippen LogP contribution in [-0.2, 0) is 0 Å². The molecule has 1 aliphatic heterocycles. The van der Waals surface area contributed by atoms with E-state index in [1.54, 1.807) is 0 Å². The van der Waals surface area contributed by atoms with Gasteiger partial charge in [-0.2, -0.15) is 0 Å². The van der Waals surface area contributed by atoms with E-state index in [2.05, 4.69) is 20.5 Å². The van der Waals surface area contributed by atoms with Crippen LogP contribution in [0.15, 0.2) is 54.7 Å². The van der Waals surface area contributed by atoms with Gasteiger partial charge < -0.3 is 20.5 Å². The van der Waals surface area contributed by atoms with Gasteiger partial charge in [-0.3, -0.25) is 4.79 Å². The van der Waals surface area contributed by atoms with Gasteiger partial charge >= 0.3 is 0 Å².